The molecule has 0 saturated heterocycles. The van der Waals surface area contributed by atoms with Crippen molar-refractivity contribution < 1.29 is 0 Å². The summed E-state index contributed by atoms with van der Waals surface area (Å²) < 4.78 is 1.58. The molecule has 1 unspecified atom stereocenters. The van der Waals surface area contributed by atoms with Crippen LogP contribution in [0.25, 0.3) is 5.65 Å². The Hall–Kier alpha value is -2.62. The van der Waals surface area contributed by atoms with Crippen LogP contribution in [-0.4, -0.2) is 15.4 Å². The first-order chi connectivity index (χ1) is 11.2. The number of hydrogen-bond donors (Lipinski definition) is 0. The average molecular weight is 305 g/mol. The summed E-state index contributed by atoms with van der Waals surface area (Å²) in [4.78, 5) is 19.3. The minimum absolute atomic E-state index is 0.0245. The Balaban J connectivity index is 1.74. The van der Waals surface area contributed by atoms with Crippen LogP contribution in [0.5, 0.6) is 0 Å². The van der Waals surface area contributed by atoms with Crippen LogP contribution in [0.15, 0.2) is 59.5 Å². The monoisotopic (exact) mass is 305 g/mol. The van der Waals surface area contributed by atoms with Crippen LogP contribution in [0.3, 0.4) is 0 Å². The third kappa shape index (κ3) is 2.50. The van der Waals surface area contributed by atoms with Crippen molar-refractivity contribution in [2.24, 2.45) is 0 Å². The number of anilines is 1. The number of rotatable bonds is 2. The predicted molar refractivity (Wildman–Crippen MR) is 91.9 cm³/mol. The third-order valence-electron chi connectivity index (χ3n) is 4.62. The van der Waals surface area contributed by atoms with Gasteiger partial charge in [0.2, 0.25) is 0 Å². The zero-order valence-electron chi connectivity index (χ0n) is 13.1. The normalized spacial score (nSPS) is 17.3. The molecule has 0 amide bonds. The van der Waals surface area contributed by atoms with E-state index in [4.69, 9.17) is 0 Å². The molecule has 4 rings (SSSR count). The van der Waals surface area contributed by atoms with Gasteiger partial charge in [-0.15, -0.1) is 0 Å². The van der Waals surface area contributed by atoms with E-state index in [1.54, 1.807) is 16.7 Å². The van der Waals surface area contributed by atoms with Crippen LogP contribution in [-0.2, 0) is 13.0 Å². The van der Waals surface area contributed by atoms with Crippen molar-refractivity contribution in [3.8, 4) is 0 Å². The number of fused-ring (bicyclic) bond motifs is 2. The molecule has 0 bridgehead atoms. The van der Waals surface area contributed by atoms with E-state index in [-0.39, 0.29) is 5.56 Å². The Morgan fingerprint density at radius 2 is 2.00 bits per heavy atom. The molecule has 3 heterocycles. The van der Waals surface area contributed by atoms with Gasteiger partial charge in [0.15, 0.2) is 0 Å². The highest BCUT2D eigenvalue weighted by atomic mass is 16.1. The van der Waals surface area contributed by atoms with E-state index >= 15 is 0 Å². The molecular formula is C19H19N3O. The Morgan fingerprint density at radius 3 is 2.91 bits per heavy atom. The van der Waals surface area contributed by atoms with Gasteiger partial charge in [0, 0.05) is 24.0 Å². The molecule has 4 nitrogen and oxygen atoms in total. The largest absolute Gasteiger partial charge is 0.363 e. The van der Waals surface area contributed by atoms with Crippen LogP contribution in [0.4, 0.5) is 5.69 Å². The fraction of sp³-hybridized carbons (Fsp3) is 0.263. The van der Waals surface area contributed by atoms with Gasteiger partial charge in [0.05, 0.1) is 12.2 Å². The Morgan fingerprint density at radius 1 is 1.17 bits per heavy atom. The molecule has 1 atom stereocenters. The lowest BCUT2D eigenvalue weighted by Crippen LogP contribution is -2.37. The Labute approximate surface area is 135 Å². The van der Waals surface area contributed by atoms with E-state index in [1.165, 1.54) is 11.3 Å². The zero-order chi connectivity index (χ0) is 15.8. The number of hydrogen-bond acceptors (Lipinski definition) is 3. The second kappa shape index (κ2) is 5.54. The molecule has 2 aromatic heterocycles. The number of nitrogens with zero attached hydrogens (tertiary/aromatic N) is 3. The molecule has 0 aliphatic carbocycles. The maximum Gasteiger partial charge on any atom is 0.258 e. The summed E-state index contributed by atoms with van der Waals surface area (Å²) in [5, 5.41) is 0. The summed E-state index contributed by atoms with van der Waals surface area (Å²) in [6.07, 6.45) is 4.00. The first-order valence-electron chi connectivity index (χ1n) is 8.04. The SMILES string of the molecule is CC1CCc2ccccc2N1Cc1cc(=O)n2ccccc2n1. The maximum atomic E-state index is 12.3. The standard InChI is InChI=1S/C19H19N3O/c1-14-9-10-15-6-2-3-7-17(15)22(14)13-16-12-19(23)21-11-5-4-8-18(21)20-16/h2-8,11-12,14H,9-10,13H2,1H3. The molecular weight excluding hydrogens is 286 g/mol. The summed E-state index contributed by atoms with van der Waals surface area (Å²) in [5.74, 6) is 0. The smallest absolute Gasteiger partial charge is 0.258 e. The van der Waals surface area contributed by atoms with Crippen molar-refractivity contribution in [2.45, 2.75) is 32.4 Å². The zero-order valence-corrected chi connectivity index (χ0v) is 13.1. The van der Waals surface area contributed by atoms with Gasteiger partial charge in [-0.25, -0.2) is 4.98 Å². The molecule has 4 heteroatoms. The molecule has 0 saturated carbocycles. The van der Waals surface area contributed by atoms with E-state index in [0.29, 0.717) is 18.2 Å². The van der Waals surface area contributed by atoms with E-state index in [2.05, 4.69) is 41.1 Å². The van der Waals surface area contributed by atoms with Gasteiger partial charge in [-0.1, -0.05) is 24.3 Å². The molecule has 1 aliphatic heterocycles. The second-order valence-electron chi connectivity index (χ2n) is 6.16. The van der Waals surface area contributed by atoms with Crippen molar-refractivity contribution >= 4 is 11.3 Å². The van der Waals surface area contributed by atoms with Gasteiger partial charge in [-0.05, 0) is 43.5 Å². The first-order valence-corrected chi connectivity index (χ1v) is 8.04. The molecule has 1 aliphatic rings. The van der Waals surface area contributed by atoms with Gasteiger partial charge >= 0.3 is 0 Å². The van der Waals surface area contributed by atoms with Gasteiger partial charge in [0.25, 0.3) is 5.56 Å². The highest BCUT2D eigenvalue weighted by Gasteiger charge is 2.23. The van der Waals surface area contributed by atoms with E-state index < -0.39 is 0 Å². The van der Waals surface area contributed by atoms with Gasteiger partial charge in [0.1, 0.15) is 5.65 Å². The maximum absolute atomic E-state index is 12.3. The summed E-state index contributed by atoms with van der Waals surface area (Å²) >= 11 is 0. The topological polar surface area (TPSA) is 37.6 Å². The van der Waals surface area contributed by atoms with E-state index in [1.807, 2.05) is 18.2 Å². The van der Waals surface area contributed by atoms with Crippen molar-refractivity contribution in [1.82, 2.24) is 9.38 Å². The summed E-state index contributed by atoms with van der Waals surface area (Å²) in [6.45, 7) is 2.91. The van der Waals surface area contributed by atoms with Gasteiger partial charge in [-0.3, -0.25) is 9.20 Å². The lowest BCUT2D eigenvalue weighted by molar-refractivity contribution is 0.556. The average Bonchev–Trinajstić information content (AvgIpc) is 2.58. The van der Waals surface area contributed by atoms with Crippen LogP contribution in [0, 0.1) is 0 Å². The predicted octanol–water partition coefficient (Wildman–Crippen LogP) is 3.04. The molecule has 0 N–H and O–H groups in total. The van der Waals surface area contributed by atoms with Crippen molar-refractivity contribution in [3.05, 3.63) is 76.3 Å². The lowest BCUT2D eigenvalue weighted by atomic mass is 9.96. The lowest BCUT2D eigenvalue weighted by Gasteiger charge is -2.36. The molecule has 23 heavy (non-hydrogen) atoms. The highest BCUT2D eigenvalue weighted by Crippen LogP contribution is 2.31. The quantitative estimate of drug-likeness (QED) is 0.730. The third-order valence-corrected chi connectivity index (χ3v) is 4.62. The van der Waals surface area contributed by atoms with Crippen molar-refractivity contribution in [3.63, 3.8) is 0 Å². The Kier molecular flexibility index (Phi) is 3.37. The molecule has 3 aromatic rings. The molecule has 0 radical (unpaired) electrons. The number of para-hydroxylation sites is 1. The minimum Gasteiger partial charge on any atom is -0.363 e. The number of pyridine rings is 1. The van der Waals surface area contributed by atoms with Crippen LogP contribution in [0.2, 0.25) is 0 Å². The fourth-order valence-corrected chi connectivity index (χ4v) is 3.36. The van der Waals surface area contributed by atoms with Crippen LogP contribution in [0.1, 0.15) is 24.6 Å². The van der Waals surface area contributed by atoms with Gasteiger partial charge < -0.3 is 4.90 Å². The van der Waals surface area contributed by atoms with E-state index in [0.717, 1.165) is 18.5 Å². The summed E-state index contributed by atoms with van der Waals surface area (Å²) in [6, 6.07) is 16.2. The minimum atomic E-state index is -0.0245. The number of benzene rings is 1. The highest BCUT2D eigenvalue weighted by molar-refractivity contribution is 5.56. The summed E-state index contributed by atoms with van der Waals surface area (Å²) in [5.41, 5.74) is 4.14. The van der Waals surface area contributed by atoms with E-state index in [9.17, 15) is 4.79 Å². The number of aromatic nitrogens is 2. The van der Waals surface area contributed by atoms with Crippen molar-refractivity contribution in [1.29, 1.82) is 0 Å². The fourth-order valence-electron chi connectivity index (χ4n) is 3.36. The summed E-state index contributed by atoms with van der Waals surface area (Å²) in [7, 11) is 0. The van der Waals surface area contributed by atoms with Gasteiger partial charge in [-0.2, -0.15) is 0 Å². The van der Waals surface area contributed by atoms with Crippen LogP contribution < -0.4 is 10.5 Å². The second-order valence-corrected chi connectivity index (χ2v) is 6.16. The van der Waals surface area contributed by atoms with Crippen molar-refractivity contribution in [2.75, 3.05) is 4.90 Å². The van der Waals surface area contributed by atoms with Crippen LogP contribution >= 0.6 is 0 Å². The number of aryl methyl sites for hydroxylation is 1. The molecule has 0 fully saturated rings. The molecule has 116 valence electrons. The Bertz CT molecular complexity index is 916. The molecule has 0 spiro atoms. The molecule has 1 aromatic carbocycles. The first kappa shape index (κ1) is 14.0.